The molecule has 2 aliphatic rings. The molecule has 0 saturated carbocycles. The SMILES string of the molecule is CC1CCc2c(sc3nc(C(C)N4CCCN(c5ccc(C(F)(F)F)cn5)CC4)[nH]c(=O)c23)C1. The number of alkyl halides is 3. The van der Waals surface area contributed by atoms with E-state index in [1.807, 2.05) is 11.8 Å². The van der Waals surface area contributed by atoms with Gasteiger partial charge in [-0.15, -0.1) is 11.3 Å². The summed E-state index contributed by atoms with van der Waals surface area (Å²) in [5, 5.41) is 0.762. The van der Waals surface area contributed by atoms with Crippen molar-refractivity contribution in [2.75, 3.05) is 31.1 Å². The number of hydrogen-bond donors (Lipinski definition) is 1. The Morgan fingerprint density at radius 2 is 2.03 bits per heavy atom. The van der Waals surface area contributed by atoms with Crippen LogP contribution in [0, 0.1) is 5.92 Å². The van der Waals surface area contributed by atoms with Crippen LogP contribution < -0.4 is 10.5 Å². The molecule has 3 aromatic heterocycles. The Hall–Kier alpha value is -2.46. The summed E-state index contributed by atoms with van der Waals surface area (Å²) in [6.07, 6.45) is 0.406. The molecule has 1 aliphatic carbocycles. The second kappa shape index (κ2) is 8.96. The fraction of sp³-hybridized carbons (Fsp3) is 0.542. The highest BCUT2D eigenvalue weighted by atomic mass is 32.1. The van der Waals surface area contributed by atoms with Crippen molar-refractivity contribution >= 4 is 27.4 Å². The van der Waals surface area contributed by atoms with Crippen molar-refractivity contribution in [2.45, 2.75) is 51.7 Å². The van der Waals surface area contributed by atoms with Gasteiger partial charge in [0.2, 0.25) is 0 Å². The maximum atomic E-state index is 13.0. The van der Waals surface area contributed by atoms with Gasteiger partial charge in [0.15, 0.2) is 0 Å². The summed E-state index contributed by atoms with van der Waals surface area (Å²) in [6, 6.07) is 2.45. The lowest BCUT2D eigenvalue weighted by molar-refractivity contribution is -0.137. The van der Waals surface area contributed by atoms with E-state index in [0.717, 1.165) is 54.7 Å². The van der Waals surface area contributed by atoms with Gasteiger partial charge in [-0.25, -0.2) is 9.97 Å². The predicted octanol–water partition coefficient (Wildman–Crippen LogP) is 4.80. The quantitative estimate of drug-likeness (QED) is 0.571. The van der Waals surface area contributed by atoms with E-state index in [1.54, 1.807) is 11.3 Å². The number of anilines is 1. The van der Waals surface area contributed by atoms with Gasteiger partial charge in [0.05, 0.1) is 17.0 Å². The van der Waals surface area contributed by atoms with Gasteiger partial charge in [0, 0.05) is 37.3 Å². The second-order valence-electron chi connectivity index (χ2n) is 9.44. The van der Waals surface area contributed by atoms with Crippen LogP contribution in [0.3, 0.4) is 0 Å². The Morgan fingerprint density at radius 3 is 2.76 bits per heavy atom. The van der Waals surface area contributed by atoms with E-state index in [4.69, 9.17) is 4.98 Å². The Labute approximate surface area is 199 Å². The Kier molecular flexibility index (Phi) is 6.14. The molecular formula is C24H28F3N5OS. The summed E-state index contributed by atoms with van der Waals surface area (Å²) < 4.78 is 38.5. The molecule has 4 heterocycles. The normalized spacial score (nSPS) is 20.9. The van der Waals surface area contributed by atoms with Gasteiger partial charge in [-0.3, -0.25) is 9.69 Å². The van der Waals surface area contributed by atoms with E-state index >= 15 is 0 Å². The van der Waals surface area contributed by atoms with Crippen molar-refractivity contribution in [2.24, 2.45) is 5.92 Å². The first kappa shape index (κ1) is 23.3. The van der Waals surface area contributed by atoms with Crippen molar-refractivity contribution in [3.05, 3.63) is 50.5 Å². The summed E-state index contributed by atoms with van der Waals surface area (Å²) >= 11 is 1.65. The zero-order valence-corrected chi connectivity index (χ0v) is 20.1. The molecule has 0 aromatic carbocycles. The molecule has 0 spiro atoms. The molecule has 5 rings (SSSR count). The summed E-state index contributed by atoms with van der Waals surface area (Å²) in [5.41, 5.74) is 0.390. The molecule has 0 radical (unpaired) electrons. The molecule has 10 heteroatoms. The number of thiophene rings is 1. The fourth-order valence-corrected chi connectivity index (χ4v) is 6.42. The van der Waals surface area contributed by atoms with Gasteiger partial charge in [-0.2, -0.15) is 13.2 Å². The van der Waals surface area contributed by atoms with Crippen LogP contribution in [-0.4, -0.2) is 46.0 Å². The largest absolute Gasteiger partial charge is 0.417 e. The van der Waals surface area contributed by atoms with E-state index in [0.29, 0.717) is 37.2 Å². The second-order valence-corrected chi connectivity index (χ2v) is 10.5. The standard InChI is InChI=1S/C24H28F3N5OS/c1-14-4-6-17-18(12-14)34-23-20(17)22(33)29-21(30-23)15(2)31-8-3-9-32(11-10-31)19-7-5-16(13-28-19)24(25,26)27/h5,7,13-15H,3-4,6,8-12H2,1-2H3,(H,29,30,33). The number of fused-ring (bicyclic) bond motifs is 3. The van der Waals surface area contributed by atoms with Gasteiger partial charge < -0.3 is 9.88 Å². The van der Waals surface area contributed by atoms with E-state index in [1.165, 1.54) is 16.5 Å². The number of aromatic amines is 1. The van der Waals surface area contributed by atoms with Gasteiger partial charge in [0.25, 0.3) is 5.56 Å². The number of halogens is 3. The average molecular weight is 492 g/mol. The Bertz CT molecular complexity index is 1240. The smallest absolute Gasteiger partial charge is 0.355 e. The highest BCUT2D eigenvalue weighted by Gasteiger charge is 2.31. The van der Waals surface area contributed by atoms with Crippen LogP contribution in [-0.2, 0) is 19.0 Å². The van der Waals surface area contributed by atoms with Crippen molar-refractivity contribution in [3.63, 3.8) is 0 Å². The number of hydrogen-bond acceptors (Lipinski definition) is 6. The minimum absolute atomic E-state index is 0.0516. The molecular weight excluding hydrogens is 463 g/mol. The molecule has 0 amide bonds. The van der Waals surface area contributed by atoms with Crippen LogP contribution >= 0.6 is 11.3 Å². The van der Waals surface area contributed by atoms with Crippen LogP contribution in [0.2, 0.25) is 0 Å². The minimum atomic E-state index is -4.39. The van der Waals surface area contributed by atoms with Crippen LogP contribution in [0.15, 0.2) is 23.1 Å². The topological polar surface area (TPSA) is 65.1 Å². The van der Waals surface area contributed by atoms with Crippen LogP contribution in [0.4, 0.5) is 19.0 Å². The van der Waals surface area contributed by atoms with Crippen molar-refractivity contribution in [1.29, 1.82) is 0 Å². The number of H-pyrrole nitrogens is 1. The number of nitrogens with one attached hydrogen (secondary N) is 1. The summed E-state index contributed by atoms with van der Waals surface area (Å²) in [6.45, 7) is 7.15. The molecule has 1 aliphatic heterocycles. The van der Waals surface area contributed by atoms with E-state index in [9.17, 15) is 18.0 Å². The first-order chi connectivity index (χ1) is 16.2. The van der Waals surface area contributed by atoms with Gasteiger partial charge in [0.1, 0.15) is 16.5 Å². The van der Waals surface area contributed by atoms with Gasteiger partial charge in [-0.1, -0.05) is 6.92 Å². The Morgan fingerprint density at radius 1 is 1.21 bits per heavy atom. The molecule has 3 aromatic rings. The Balaban J connectivity index is 1.32. The summed E-state index contributed by atoms with van der Waals surface area (Å²) in [7, 11) is 0. The molecule has 1 fully saturated rings. The number of nitrogens with zero attached hydrogens (tertiary/aromatic N) is 4. The molecule has 0 bridgehead atoms. The zero-order chi connectivity index (χ0) is 24.0. The third-order valence-corrected chi connectivity index (χ3v) is 8.21. The van der Waals surface area contributed by atoms with Crippen molar-refractivity contribution in [1.82, 2.24) is 19.9 Å². The lowest BCUT2D eigenvalue weighted by Gasteiger charge is -2.27. The molecule has 1 saturated heterocycles. The molecule has 2 atom stereocenters. The first-order valence-corrected chi connectivity index (χ1v) is 12.6. The fourth-order valence-electron chi connectivity index (χ4n) is 5.03. The number of aryl methyl sites for hydroxylation is 1. The van der Waals surface area contributed by atoms with Crippen molar-refractivity contribution in [3.8, 4) is 0 Å². The predicted molar refractivity (Wildman–Crippen MR) is 127 cm³/mol. The van der Waals surface area contributed by atoms with Crippen molar-refractivity contribution < 1.29 is 13.2 Å². The first-order valence-electron chi connectivity index (χ1n) is 11.8. The van der Waals surface area contributed by atoms with Gasteiger partial charge in [-0.05, 0) is 56.2 Å². The molecule has 34 heavy (non-hydrogen) atoms. The number of pyridine rings is 1. The molecule has 182 valence electrons. The maximum absolute atomic E-state index is 13.0. The monoisotopic (exact) mass is 491 g/mol. The highest BCUT2D eigenvalue weighted by molar-refractivity contribution is 7.18. The average Bonchev–Trinajstić information content (AvgIpc) is 2.98. The minimum Gasteiger partial charge on any atom is -0.355 e. The summed E-state index contributed by atoms with van der Waals surface area (Å²) in [4.78, 5) is 31.4. The van der Waals surface area contributed by atoms with Crippen LogP contribution in [0.5, 0.6) is 0 Å². The third kappa shape index (κ3) is 4.45. The van der Waals surface area contributed by atoms with E-state index in [-0.39, 0.29) is 11.6 Å². The van der Waals surface area contributed by atoms with E-state index < -0.39 is 11.7 Å². The number of rotatable bonds is 3. The van der Waals surface area contributed by atoms with Gasteiger partial charge >= 0.3 is 6.18 Å². The lowest BCUT2D eigenvalue weighted by atomic mass is 9.89. The van der Waals surface area contributed by atoms with Crippen LogP contribution in [0.25, 0.3) is 10.2 Å². The van der Waals surface area contributed by atoms with Crippen LogP contribution in [0.1, 0.15) is 54.6 Å². The zero-order valence-electron chi connectivity index (χ0n) is 19.3. The summed E-state index contributed by atoms with van der Waals surface area (Å²) in [5.74, 6) is 1.86. The van der Waals surface area contributed by atoms with E-state index in [2.05, 4.69) is 21.8 Å². The third-order valence-electron chi connectivity index (χ3n) is 7.06. The molecule has 6 nitrogen and oxygen atoms in total. The molecule has 2 unspecified atom stereocenters. The molecule has 1 N–H and O–H groups in total. The number of aromatic nitrogens is 3. The maximum Gasteiger partial charge on any atom is 0.417 e. The highest BCUT2D eigenvalue weighted by Crippen LogP contribution is 2.36. The lowest BCUT2D eigenvalue weighted by Crippen LogP contribution is -2.34.